The van der Waals surface area contributed by atoms with Crippen LogP contribution in [0.4, 0.5) is 0 Å². The highest BCUT2D eigenvalue weighted by Crippen LogP contribution is 2.23. The summed E-state index contributed by atoms with van der Waals surface area (Å²) >= 11 is 0. The molecule has 1 N–H and O–H groups in total. The summed E-state index contributed by atoms with van der Waals surface area (Å²) < 4.78 is 23.4. The lowest BCUT2D eigenvalue weighted by molar-refractivity contribution is 0.254. The Kier molecular flexibility index (Phi) is 7.45. The van der Waals surface area contributed by atoms with Gasteiger partial charge in [0.15, 0.2) is 9.84 Å². The molecular formula is C14H31NO2S. The lowest BCUT2D eigenvalue weighted by atomic mass is 9.84. The van der Waals surface area contributed by atoms with Gasteiger partial charge in [-0.1, -0.05) is 34.1 Å². The third kappa shape index (κ3) is 6.74. The minimum Gasteiger partial charge on any atom is -0.314 e. The molecule has 0 radical (unpaired) electrons. The van der Waals surface area contributed by atoms with Crippen LogP contribution in [0.5, 0.6) is 0 Å². The number of hydrogen-bond acceptors (Lipinski definition) is 3. The van der Waals surface area contributed by atoms with E-state index in [1.807, 2.05) is 0 Å². The van der Waals surface area contributed by atoms with Gasteiger partial charge in [0, 0.05) is 6.04 Å². The fourth-order valence-corrected chi connectivity index (χ4v) is 3.05. The Morgan fingerprint density at radius 3 is 2.06 bits per heavy atom. The van der Waals surface area contributed by atoms with Crippen molar-refractivity contribution in [1.29, 1.82) is 0 Å². The Hall–Kier alpha value is -0.0900. The van der Waals surface area contributed by atoms with Gasteiger partial charge >= 0.3 is 0 Å². The lowest BCUT2D eigenvalue weighted by Crippen LogP contribution is -2.40. The first-order valence-corrected chi connectivity index (χ1v) is 8.77. The molecule has 0 aliphatic carbocycles. The van der Waals surface area contributed by atoms with Crippen molar-refractivity contribution in [2.45, 2.75) is 72.1 Å². The summed E-state index contributed by atoms with van der Waals surface area (Å²) in [6, 6.07) is 0.462. The maximum Gasteiger partial charge on any atom is 0.152 e. The molecule has 0 aliphatic heterocycles. The third-order valence-corrected chi connectivity index (χ3v) is 5.68. The third-order valence-electron chi connectivity index (χ3n) is 3.39. The summed E-state index contributed by atoms with van der Waals surface area (Å²) in [5, 5.41) is 3.25. The van der Waals surface area contributed by atoms with Crippen molar-refractivity contribution in [3.8, 4) is 0 Å². The van der Waals surface area contributed by atoms with E-state index in [-0.39, 0.29) is 10.7 Å². The van der Waals surface area contributed by atoms with Crippen LogP contribution in [-0.4, -0.2) is 32.0 Å². The van der Waals surface area contributed by atoms with Crippen LogP contribution in [0.25, 0.3) is 0 Å². The van der Waals surface area contributed by atoms with Crippen LogP contribution in [0.2, 0.25) is 0 Å². The number of unbranched alkanes of at least 4 members (excludes halogenated alkanes) is 1. The van der Waals surface area contributed by atoms with E-state index in [0.717, 1.165) is 25.8 Å². The molecule has 4 heteroatoms. The molecule has 0 bridgehead atoms. The smallest absolute Gasteiger partial charge is 0.152 e. The summed E-state index contributed by atoms with van der Waals surface area (Å²) in [5.41, 5.74) is 0.229. The second-order valence-corrected chi connectivity index (χ2v) is 9.06. The van der Waals surface area contributed by atoms with Crippen molar-refractivity contribution in [3.05, 3.63) is 0 Å². The van der Waals surface area contributed by atoms with Crippen molar-refractivity contribution < 1.29 is 8.42 Å². The number of rotatable bonds is 8. The van der Waals surface area contributed by atoms with Gasteiger partial charge in [-0.05, 0) is 38.6 Å². The zero-order valence-electron chi connectivity index (χ0n) is 12.9. The second-order valence-electron chi connectivity index (χ2n) is 6.39. The predicted octanol–water partition coefficient (Wildman–Crippen LogP) is 3.00. The molecule has 0 aromatic heterocycles. The summed E-state index contributed by atoms with van der Waals surface area (Å²) in [6.07, 6.45) is 2.80. The molecule has 0 fully saturated rings. The molecule has 0 aromatic carbocycles. The van der Waals surface area contributed by atoms with Gasteiger partial charge in [-0.3, -0.25) is 0 Å². The fraction of sp³-hybridized carbons (Fsp3) is 1.00. The van der Waals surface area contributed by atoms with Gasteiger partial charge in [-0.2, -0.15) is 0 Å². The molecule has 0 saturated heterocycles. The van der Waals surface area contributed by atoms with E-state index in [1.165, 1.54) is 0 Å². The molecule has 3 nitrogen and oxygen atoms in total. The molecule has 0 amide bonds. The molecule has 0 aromatic rings. The molecule has 1 atom stereocenters. The molecule has 0 aliphatic rings. The average molecular weight is 277 g/mol. The van der Waals surface area contributed by atoms with Crippen LogP contribution < -0.4 is 5.32 Å². The number of sulfone groups is 1. The van der Waals surface area contributed by atoms with E-state index in [1.54, 1.807) is 13.8 Å². The van der Waals surface area contributed by atoms with E-state index in [2.05, 4.69) is 33.0 Å². The topological polar surface area (TPSA) is 46.2 Å². The van der Waals surface area contributed by atoms with Crippen LogP contribution in [-0.2, 0) is 9.84 Å². The standard InChI is InChI=1S/C14H31NO2S/c1-7-15-13(14(4,5)6)10-8-9-11-18(16,17)12(2)3/h12-13,15H,7-11H2,1-6H3. The lowest BCUT2D eigenvalue weighted by Gasteiger charge is -2.31. The van der Waals surface area contributed by atoms with Crippen molar-refractivity contribution in [3.63, 3.8) is 0 Å². The van der Waals surface area contributed by atoms with Gasteiger partial charge < -0.3 is 5.32 Å². The van der Waals surface area contributed by atoms with E-state index in [9.17, 15) is 8.42 Å². The highest BCUT2D eigenvalue weighted by Gasteiger charge is 2.23. The number of hydrogen-bond donors (Lipinski definition) is 1. The highest BCUT2D eigenvalue weighted by atomic mass is 32.2. The largest absolute Gasteiger partial charge is 0.314 e. The van der Waals surface area contributed by atoms with Gasteiger partial charge in [-0.25, -0.2) is 8.42 Å². The Bertz CT molecular complexity index is 315. The summed E-state index contributed by atoms with van der Waals surface area (Å²) in [6.45, 7) is 13.3. The summed E-state index contributed by atoms with van der Waals surface area (Å²) in [4.78, 5) is 0. The Labute approximate surface area is 114 Å². The molecule has 1 unspecified atom stereocenters. The molecular weight excluding hydrogens is 246 g/mol. The summed E-state index contributed by atoms with van der Waals surface area (Å²) in [7, 11) is -2.86. The first kappa shape index (κ1) is 17.9. The normalized spacial score (nSPS) is 15.1. The molecule has 0 rings (SSSR count). The van der Waals surface area contributed by atoms with Crippen LogP contribution in [0.1, 0.15) is 60.8 Å². The average Bonchev–Trinajstić information content (AvgIpc) is 2.20. The van der Waals surface area contributed by atoms with E-state index in [0.29, 0.717) is 11.8 Å². The van der Waals surface area contributed by atoms with Crippen molar-refractivity contribution >= 4 is 9.84 Å². The molecule has 0 spiro atoms. The minimum absolute atomic E-state index is 0.229. The van der Waals surface area contributed by atoms with Crippen LogP contribution in [0.3, 0.4) is 0 Å². The maximum absolute atomic E-state index is 11.7. The zero-order valence-corrected chi connectivity index (χ0v) is 13.7. The summed E-state index contributed by atoms with van der Waals surface area (Å²) in [5.74, 6) is 0.327. The Balaban J connectivity index is 4.10. The van der Waals surface area contributed by atoms with Gasteiger partial charge in [-0.15, -0.1) is 0 Å². The van der Waals surface area contributed by atoms with Gasteiger partial charge in [0.05, 0.1) is 11.0 Å². The van der Waals surface area contributed by atoms with Crippen LogP contribution in [0.15, 0.2) is 0 Å². The van der Waals surface area contributed by atoms with Crippen LogP contribution in [0, 0.1) is 5.41 Å². The van der Waals surface area contributed by atoms with E-state index < -0.39 is 9.84 Å². The minimum atomic E-state index is -2.86. The molecule has 110 valence electrons. The molecule has 0 saturated carbocycles. The van der Waals surface area contributed by atoms with Crippen LogP contribution >= 0.6 is 0 Å². The van der Waals surface area contributed by atoms with E-state index in [4.69, 9.17) is 0 Å². The Morgan fingerprint density at radius 2 is 1.67 bits per heavy atom. The Morgan fingerprint density at radius 1 is 1.11 bits per heavy atom. The van der Waals surface area contributed by atoms with Crippen molar-refractivity contribution in [2.75, 3.05) is 12.3 Å². The van der Waals surface area contributed by atoms with Gasteiger partial charge in [0.2, 0.25) is 0 Å². The van der Waals surface area contributed by atoms with E-state index >= 15 is 0 Å². The predicted molar refractivity (Wildman–Crippen MR) is 79.7 cm³/mol. The SMILES string of the molecule is CCNC(CCCCS(=O)(=O)C(C)C)C(C)(C)C. The molecule has 18 heavy (non-hydrogen) atoms. The van der Waals surface area contributed by atoms with Gasteiger partial charge in [0.1, 0.15) is 0 Å². The maximum atomic E-state index is 11.7. The number of nitrogens with one attached hydrogen (secondary N) is 1. The van der Waals surface area contributed by atoms with Gasteiger partial charge in [0.25, 0.3) is 0 Å². The zero-order chi connectivity index (χ0) is 14.4. The van der Waals surface area contributed by atoms with Crippen molar-refractivity contribution in [2.24, 2.45) is 5.41 Å². The fourth-order valence-electron chi connectivity index (χ4n) is 1.98. The first-order valence-electron chi connectivity index (χ1n) is 7.06. The first-order chi connectivity index (χ1) is 8.11. The molecule has 0 heterocycles. The monoisotopic (exact) mass is 277 g/mol. The van der Waals surface area contributed by atoms with Crippen molar-refractivity contribution in [1.82, 2.24) is 5.32 Å². The quantitative estimate of drug-likeness (QED) is 0.694. The second kappa shape index (κ2) is 7.49. The highest BCUT2D eigenvalue weighted by molar-refractivity contribution is 7.91.